The normalized spacial score (nSPS) is 13.9. The number of fused-ring (bicyclic) bond motifs is 2. The van der Waals surface area contributed by atoms with E-state index in [4.69, 9.17) is 37.7 Å². The number of aryl methyl sites for hydroxylation is 2. The molecular formula is C56H74BBr2F2IN6O10. The van der Waals surface area contributed by atoms with Crippen LogP contribution in [0.2, 0.25) is 0 Å². The van der Waals surface area contributed by atoms with Gasteiger partial charge in [0.15, 0.2) is 0 Å². The molecule has 0 spiro atoms. The molecule has 0 radical (unpaired) electrons. The topological polar surface area (TPSA) is 150 Å². The molecule has 0 unspecified atom stereocenters. The van der Waals surface area contributed by atoms with Gasteiger partial charge in [0.25, 0.3) is 0 Å². The lowest BCUT2D eigenvalue weighted by Crippen LogP contribution is -2.41. The van der Waals surface area contributed by atoms with Gasteiger partial charge in [0.05, 0.1) is 35.4 Å². The van der Waals surface area contributed by atoms with Gasteiger partial charge in [-0.1, -0.05) is 37.9 Å². The third-order valence-electron chi connectivity index (χ3n) is 12.2. The van der Waals surface area contributed by atoms with Crippen molar-refractivity contribution in [2.24, 2.45) is 14.1 Å². The molecule has 0 atom stereocenters. The van der Waals surface area contributed by atoms with Gasteiger partial charge in [0, 0.05) is 97.4 Å². The number of hydrogen-bond acceptors (Lipinski definition) is 12. The number of amides is 2. The van der Waals surface area contributed by atoms with Gasteiger partial charge in [-0.15, -0.1) is 0 Å². The van der Waals surface area contributed by atoms with E-state index in [0.717, 1.165) is 29.1 Å². The van der Waals surface area contributed by atoms with Gasteiger partial charge >= 0.3 is 19.3 Å². The SMILES string of the molecule is CN(CCCOCCOc1ccc(-c2nn(C)c3cc(Br)ccc23)c(F)c1)C(=O)OC(C)(C)C.CN(CCCOCCOc1ccc(B2OC(C)(C)C(C)(C)O2)c(F)c1)C(=O)OC(C)(C)C.Cn1nc(I)c2ccc(Br)cc21. The maximum absolute atomic E-state index is 14.9. The molecule has 3 heterocycles. The van der Waals surface area contributed by atoms with Crippen LogP contribution in [0.15, 0.2) is 81.7 Å². The van der Waals surface area contributed by atoms with Crippen molar-refractivity contribution in [1.29, 1.82) is 0 Å². The van der Waals surface area contributed by atoms with Gasteiger partial charge in [-0.3, -0.25) is 9.36 Å². The van der Waals surface area contributed by atoms with Crippen LogP contribution in [0, 0.1) is 15.3 Å². The lowest BCUT2D eigenvalue weighted by atomic mass is 9.78. The molecular weight excluding hydrogens is 1250 g/mol. The van der Waals surface area contributed by atoms with E-state index in [1.165, 1.54) is 27.3 Å². The van der Waals surface area contributed by atoms with Crippen molar-refractivity contribution in [2.45, 2.75) is 104 Å². The van der Waals surface area contributed by atoms with E-state index >= 15 is 0 Å². The van der Waals surface area contributed by atoms with Crippen LogP contribution < -0.4 is 14.9 Å². The summed E-state index contributed by atoms with van der Waals surface area (Å²) in [5.74, 6) is 0.00660. The van der Waals surface area contributed by atoms with E-state index in [-0.39, 0.29) is 18.8 Å². The zero-order valence-electron chi connectivity index (χ0n) is 47.2. The summed E-state index contributed by atoms with van der Waals surface area (Å²) in [6.07, 6.45) is 0.639. The largest absolute Gasteiger partial charge is 0.497 e. The second-order valence-electron chi connectivity index (χ2n) is 21.6. The number of benzene rings is 4. The van der Waals surface area contributed by atoms with Gasteiger partial charge in [0.2, 0.25) is 0 Å². The quantitative estimate of drug-likeness (QED) is 0.0458. The number of carbonyl (C=O) groups is 2. The number of carbonyl (C=O) groups excluding carboxylic acids is 2. The van der Waals surface area contributed by atoms with Crippen molar-refractivity contribution >= 4 is 101 Å². The second kappa shape index (κ2) is 28.2. The molecule has 78 heavy (non-hydrogen) atoms. The monoisotopic (exact) mass is 1320 g/mol. The molecule has 2 aromatic heterocycles. The first-order chi connectivity index (χ1) is 36.4. The van der Waals surface area contributed by atoms with Crippen LogP contribution >= 0.6 is 54.5 Å². The van der Waals surface area contributed by atoms with E-state index in [9.17, 15) is 18.4 Å². The number of ether oxygens (including phenoxy) is 6. The molecule has 0 N–H and O–H groups in total. The maximum atomic E-state index is 14.9. The third-order valence-corrected chi connectivity index (χ3v) is 14.0. The van der Waals surface area contributed by atoms with Crippen LogP contribution in [-0.2, 0) is 42.4 Å². The fourth-order valence-corrected chi connectivity index (χ4v) is 8.94. The summed E-state index contributed by atoms with van der Waals surface area (Å²) < 4.78 is 80.9. The minimum Gasteiger partial charge on any atom is -0.491 e. The molecule has 0 bridgehead atoms. The molecule has 1 aliphatic rings. The number of aromatic nitrogens is 4. The summed E-state index contributed by atoms with van der Waals surface area (Å²) >= 11 is 9.13. The first-order valence-electron chi connectivity index (χ1n) is 25.6. The number of rotatable bonds is 18. The van der Waals surface area contributed by atoms with Crippen molar-refractivity contribution in [2.75, 3.05) is 66.8 Å². The molecule has 426 valence electrons. The minimum atomic E-state index is -0.754. The number of nitrogens with zero attached hydrogens (tertiary/aromatic N) is 6. The first kappa shape index (κ1) is 64.2. The van der Waals surface area contributed by atoms with Crippen molar-refractivity contribution in [1.82, 2.24) is 29.4 Å². The van der Waals surface area contributed by atoms with E-state index in [1.54, 1.807) is 43.0 Å². The summed E-state index contributed by atoms with van der Waals surface area (Å²) in [4.78, 5) is 26.8. The molecule has 4 aromatic carbocycles. The molecule has 22 heteroatoms. The zero-order chi connectivity index (χ0) is 57.8. The van der Waals surface area contributed by atoms with E-state index in [1.807, 2.05) is 112 Å². The Kier molecular flexibility index (Phi) is 23.2. The Morgan fingerprint density at radius 1 is 0.641 bits per heavy atom. The summed E-state index contributed by atoms with van der Waals surface area (Å²) in [5.41, 5.74) is 1.35. The van der Waals surface area contributed by atoms with Gasteiger partial charge < -0.3 is 47.5 Å². The molecule has 0 saturated carbocycles. The standard InChI is InChI=1S/C25H31BrFN3O4.C23H37BFNO6.C8H6BrIN2/c1-25(2,3)34-24(31)29(4)11-6-12-32-13-14-33-18-8-10-19(21(27)16-18)23-20-9-7-17(26)15-22(20)30(5)28-23;1-21(2,3)30-20(27)26(8)12-9-13-28-14-15-29-17-10-11-18(19(25)16-17)24-31-22(4,5)23(6,7)32-24;1-12-7-4-5(9)2-3-6(7)8(10)11-12/h7-10,15-16H,6,11-14H2,1-5H3;10-11,16H,9,12-15H2,1-8H3;2-4H,1H3. The van der Waals surface area contributed by atoms with E-state index in [2.05, 4.69) is 76.8 Å². The highest BCUT2D eigenvalue weighted by atomic mass is 127. The Morgan fingerprint density at radius 3 is 1.56 bits per heavy atom. The zero-order valence-corrected chi connectivity index (χ0v) is 52.6. The van der Waals surface area contributed by atoms with Crippen LogP contribution in [0.25, 0.3) is 33.1 Å². The smallest absolute Gasteiger partial charge is 0.491 e. The summed E-state index contributed by atoms with van der Waals surface area (Å²) in [6, 6.07) is 21.4. The fourth-order valence-electron chi connectivity index (χ4n) is 7.46. The molecule has 1 fully saturated rings. The highest BCUT2D eigenvalue weighted by Crippen LogP contribution is 2.37. The number of halogens is 5. The maximum Gasteiger partial charge on any atom is 0.497 e. The lowest BCUT2D eigenvalue weighted by Gasteiger charge is -2.32. The van der Waals surface area contributed by atoms with E-state index < -0.39 is 41.2 Å². The Labute approximate surface area is 488 Å². The summed E-state index contributed by atoms with van der Waals surface area (Å²) in [5, 5.41) is 10.9. The first-order valence-corrected chi connectivity index (χ1v) is 28.3. The van der Waals surface area contributed by atoms with Crippen LogP contribution in [0.3, 0.4) is 0 Å². The van der Waals surface area contributed by atoms with Crippen molar-refractivity contribution in [3.8, 4) is 22.8 Å². The lowest BCUT2D eigenvalue weighted by molar-refractivity contribution is 0.00578. The molecule has 0 aliphatic carbocycles. The van der Waals surface area contributed by atoms with Crippen molar-refractivity contribution in [3.05, 3.63) is 97.1 Å². The van der Waals surface area contributed by atoms with Crippen LogP contribution in [0.4, 0.5) is 18.4 Å². The third kappa shape index (κ3) is 19.0. The van der Waals surface area contributed by atoms with Crippen molar-refractivity contribution in [3.63, 3.8) is 0 Å². The van der Waals surface area contributed by atoms with Gasteiger partial charge in [-0.05, 0) is 159 Å². The van der Waals surface area contributed by atoms with Crippen LogP contribution in [-0.4, -0.2) is 138 Å². The summed E-state index contributed by atoms with van der Waals surface area (Å²) in [6.45, 7) is 22.0. The van der Waals surface area contributed by atoms with Crippen molar-refractivity contribution < 1.29 is 56.1 Å². The molecule has 16 nitrogen and oxygen atoms in total. The Hall–Kier alpha value is -4.59. The van der Waals surface area contributed by atoms with Gasteiger partial charge in [0.1, 0.15) is 56.9 Å². The van der Waals surface area contributed by atoms with E-state index in [0.29, 0.717) is 87.2 Å². The highest BCUT2D eigenvalue weighted by molar-refractivity contribution is 14.1. The molecule has 1 aliphatic heterocycles. The molecule has 2 amide bonds. The second-order valence-corrected chi connectivity index (χ2v) is 24.4. The minimum absolute atomic E-state index is 0.289. The molecule has 7 rings (SSSR count). The van der Waals surface area contributed by atoms with Gasteiger partial charge in [-0.2, -0.15) is 10.2 Å². The number of hydrogen-bond donors (Lipinski definition) is 0. The molecule has 6 aromatic rings. The van der Waals surface area contributed by atoms with Crippen LogP contribution in [0.1, 0.15) is 82.1 Å². The highest BCUT2D eigenvalue weighted by Gasteiger charge is 2.52. The predicted molar refractivity (Wildman–Crippen MR) is 317 cm³/mol. The van der Waals surface area contributed by atoms with Gasteiger partial charge in [-0.25, -0.2) is 18.4 Å². The average Bonchev–Trinajstić information content (AvgIpc) is 4.04. The Morgan fingerprint density at radius 2 is 1.09 bits per heavy atom. The predicted octanol–water partition coefficient (Wildman–Crippen LogP) is 12.5. The average molecular weight is 1330 g/mol. The summed E-state index contributed by atoms with van der Waals surface area (Å²) in [7, 11) is 6.43. The Bertz CT molecular complexity index is 2950. The Balaban J connectivity index is 0.000000237. The fraction of sp³-hybridized carbons (Fsp3) is 0.500. The van der Waals surface area contributed by atoms with Crippen LogP contribution in [0.5, 0.6) is 11.5 Å². The molecule has 1 saturated heterocycles.